The second-order valence-electron chi connectivity index (χ2n) is 11.7. The van der Waals surface area contributed by atoms with Gasteiger partial charge in [0.25, 0.3) is 0 Å². The van der Waals surface area contributed by atoms with Crippen LogP contribution in [0, 0.1) is 0 Å². The van der Waals surface area contributed by atoms with Crippen LogP contribution in [0.4, 0.5) is 17.1 Å². The average molecular weight is 588 g/mol. The Balaban J connectivity index is 1.26. The molecule has 9 rings (SSSR count). The lowest BCUT2D eigenvalue weighted by atomic mass is 9.97. The van der Waals surface area contributed by atoms with Crippen molar-refractivity contribution in [3.63, 3.8) is 0 Å². The summed E-state index contributed by atoms with van der Waals surface area (Å²) in [7, 11) is 0. The van der Waals surface area contributed by atoms with Gasteiger partial charge in [-0.25, -0.2) is 0 Å². The number of para-hydroxylation sites is 2. The zero-order valence-electron chi connectivity index (χ0n) is 25.1. The van der Waals surface area contributed by atoms with Crippen molar-refractivity contribution in [1.82, 2.24) is 0 Å². The number of benzene rings is 8. The summed E-state index contributed by atoms with van der Waals surface area (Å²) in [6.45, 7) is 0. The molecule has 0 spiro atoms. The van der Waals surface area contributed by atoms with E-state index >= 15 is 0 Å². The molecule has 0 aliphatic rings. The normalized spacial score (nSPS) is 11.5. The maximum absolute atomic E-state index is 6.45. The molecule has 0 fully saturated rings. The molecule has 0 atom stereocenters. The molecule has 0 radical (unpaired) electrons. The summed E-state index contributed by atoms with van der Waals surface area (Å²) < 4.78 is 6.45. The SMILES string of the molecule is c1cc(-c2cccc3ccccc23)cc(N(c2cccc(-c3cccc4c3oc3ccccc34)c2)c2cccc3ccccc23)c1. The number of hydrogen-bond acceptors (Lipinski definition) is 2. The van der Waals surface area contributed by atoms with E-state index in [1.165, 1.54) is 32.7 Å². The maximum Gasteiger partial charge on any atom is 0.143 e. The van der Waals surface area contributed by atoms with Crippen molar-refractivity contribution in [2.45, 2.75) is 0 Å². The fourth-order valence-electron chi connectivity index (χ4n) is 6.91. The van der Waals surface area contributed by atoms with Crippen molar-refractivity contribution < 1.29 is 4.42 Å². The Labute approximate surface area is 267 Å². The van der Waals surface area contributed by atoms with Crippen LogP contribution in [0.5, 0.6) is 0 Å². The van der Waals surface area contributed by atoms with Crippen LogP contribution in [0.3, 0.4) is 0 Å². The van der Waals surface area contributed by atoms with Gasteiger partial charge < -0.3 is 9.32 Å². The highest BCUT2D eigenvalue weighted by Gasteiger charge is 2.18. The van der Waals surface area contributed by atoms with Crippen LogP contribution in [0.15, 0.2) is 180 Å². The molecule has 0 aliphatic carbocycles. The predicted molar refractivity (Wildman–Crippen MR) is 194 cm³/mol. The fourth-order valence-corrected chi connectivity index (χ4v) is 6.91. The highest BCUT2D eigenvalue weighted by atomic mass is 16.3. The first kappa shape index (κ1) is 26.3. The second-order valence-corrected chi connectivity index (χ2v) is 11.7. The molecular weight excluding hydrogens is 558 g/mol. The highest BCUT2D eigenvalue weighted by molar-refractivity contribution is 6.10. The van der Waals surface area contributed by atoms with Gasteiger partial charge in [0.05, 0.1) is 5.69 Å². The van der Waals surface area contributed by atoms with Gasteiger partial charge in [-0.1, -0.05) is 140 Å². The van der Waals surface area contributed by atoms with E-state index in [2.05, 4.69) is 169 Å². The summed E-state index contributed by atoms with van der Waals surface area (Å²) in [5.74, 6) is 0. The van der Waals surface area contributed by atoms with Gasteiger partial charge in [0, 0.05) is 33.1 Å². The topological polar surface area (TPSA) is 16.4 Å². The van der Waals surface area contributed by atoms with Crippen LogP contribution in [-0.4, -0.2) is 0 Å². The van der Waals surface area contributed by atoms with Crippen molar-refractivity contribution in [2.75, 3.05) is 4.90 Å². The lowest BCUT2D eigenvalue weighted by Gasteiger charge is -2.28. The first-order valence-electron chi connectivity index (χ1n) is 15.7. The Morgan fingerprint density at radius 3 is 1.67 bits per heavy atom. The lowest BCUT2D eigenvalue weighted by Crippen LogP contribution is -2.10. The molecule has 8 aromatic carbocycles. The molecule has 0 bridgehead atoms. The molecule has 0 unspecified atom stereocenters. The Hall–Kier alpha value is -6.12. The van der Waals surface area contributed by atoms with Gasteiger partial charge in [0.1, 0.15) is 11.2 Å². The minimum atomic E-state index is 0.906. The van der Waals surface area contributed by atoms with E-state index in [0.29, 0.717) is 0 Å². The molecule has 0 saturated carbocycles. The molecule has 1 aromatic heterocycles. The number of nitrogens with zero attached hydrogens (tertiary/aromatic N) is 1. The van der Waals surface area contributed by atoms with Crippen molar-refractivity contribution >= 4 is 60.5 Å². The second kappa shape index (κ2) is 10.8. The van der Waals surface area contributed by atoms with E-state index in [9.17, 15) is 0 Å². The van der Waals surface area contributed by atoms with E-state index in [4.69, 9.17) is 4.42 Å². The lowest BCUT2D eigenvalue weighted by molar-refractivity contribution is 0.670. The summed E-state index contributed by atoms with van der Waals surface area (Å²) in [5.41, 5.74) is 9.73. The molecule has 0 aliphatic heterocycles. The number of furan rings is 1. The van der Waals surface area contributed by atoms with E-state index in [-0.39, 0.29) is 0 Å². The number of hydrogen-bond donors (Lipinski definition) is 0. The Bertz CT molecular complexity index is 2550. The van der Waals surface area contributed by atoms with E-state index < -0.39 is 0 Å². The maximum atomic E-state index is 6.45. The zero-order chi connectivity index (χ0) is 30.5. The Morgan fingerprint density at radius 1 is 0.370 bits per heavy atom. The van der Waals surface area contributed by atoms with Crippen molar-refractivity contribution in [3.05, 3.63) is 176 Å². The van der Waals surface area contributed by atoms with Crippen molar-refractivity contribution in [2.24, 2.45) is 0 Å². The molecule has 9 aromatic rings. The van der Waals surface area contributed by atoms with Gasteiger partial charge in [-0.15, -0.1) is 0 Å². The van der Waals surface area contributed by atoms with E-state index in [1.54, 1.807) is 0 Å². The third-order valence-electron chi connectivity index (χ3n) is 9.03. The Kier molecular flexibility index (Phi) is 6.17. The van der Waals surface area contributed by atoms with Crippen LogP contribution in [0.1, 0.15) is 0 Å². The fraction of sp³-hybridized carbons (Fsp3) is 0. The number of rotatable bonds is 5. The summed E-state index contributed by atoms with van der Waals surface area (Å²) in [5, 5.41) is 7.16. The molecule has 0 N–H and O–H groups in total. The largest absolute Gasteiger partial charge is 0.455 e. The third kappa shape index (κ3) is 4.35. The van der Waals surface area contributed by atoms with Gasteiger partial charge in [-0.3, -0.25) is 0 Å². The highest BCUT2D eigenvalue weighted by Crippen LogP contribution is 2.43. The van der Waals surface area contributed by atoms with E-state index in [0.717, 1.165) is 50.1 Å². The number of anilines is 3. The molecule has 216 valence electrons. The van der Waals surface area contributed by atoms with Gasteiger partial charge >= 0.3 is 0 Å². The monoisotopic (exact) mass is 587 g/mol. The minimum Gasteiger partial charge on any atom is -0.455 e. The smallest absolute Gasteiger partial charge is 0.143 e. The van der Waals surface area contributed by atoms with Crippen LogP contribution in [-0.2, 0) is 0 Å². The first-order valence-corrected chi connectivity index (χ1v) is 15.7. The molecule has 2 heteroatoms. The Morgan fingerprint density at radius 2 is 0.891 bits per heavy atom. The summed E-state index contributed by atoms with van der Waals surface area (Å²) in [4.78, 5) is 2.39. The molecule has 0 saturated heterocycles. The van der Waals surface area contributed by atoms with Crippen LogP contribution in [0.2, 0.25) is 0 Å². The average Bonchev–Trinajstić information content (AvgIpc) is 3.51. The number of fused-ring (bicyclic) bond motifs is 5. The van der Waals surface area contributed by atoms with Crippen LogP contribution >= 0.6 is 0 Å². The molecule has 2 nitrogen and oxygen atoms in total. The molecule has 1 heterocycles. The molecular formula is C44H29NO. The predicted octanol–water partition coefficient (Wildman–Crippen LogP) is 12.7. The summed E-state index contributed by atoms with van der Waals surface area (Å²) in [6, 6.07) is 62.8. The minimum absolute atomic E-state index is 0.906. The van der Waals surface area contributed by atoms with Crippen LogP contribution < -0.4 is 4.90 Å². The zero-order valence-corrected chi connectivity index (χ0v) is 25.1. The van der Waals surface area contributed by atoms with Crippen molar-refractivity contribution in [1.29, 1.82) is 0 Å². The molecule has 46 heavy (non-hydrogen) atoms. The van der Waals surface area contributed by atoms with Gasteiger partial charge in [-0.05, 0) is 69.2 Å². The van der Waals surface area contributed by atoms with Gasteiger partial charge in [0.15, 0.2) is 0 Å². The summed E-state index contributed by atoms with van der Waals surface area (Å²) >= 11 is 0. The quantitative estimate of drug-likeness (QED) is 0.199. The first-order chi connectivity index (χ1) is 22.8. The standard InChI is InChI=1S/C44H29NO/c1-3-20-36-30(12-1)14-9-23-37(36)32-16-7-18-34(28-32)45(42-26-10-15-31-13-2-4-21-38(31)42)35-19-8-17-33(29-35)39-24-11-25-41-40-22-5-6-27-43(40)46-44(39)41/h1-29H. The molecule has 0 amide bonds. The van der Waals surface area contributed by atoms with E-state index in [1.807, 2.05) is 12.1 Å². The third-order valence-corrected chi connectivity index (χ3v) is 9.03. The van der Waals surface area contributed by atoms with Crippen LogP contribution in [0.25, 0.3) is 65.7 Å². The van der Waals surface area contributed by atoms with Gasteiger partial charge in [0.2, 0.25) is 0 Å². The van der Waals surface area contributed by atoms with Gasteiger partial charge in [-0.2, -0.15) is 0 Å². The van der Waals surface area contributed by atoms with Crippen molar-refractivity contribution in [3.8, 4) is 22.3 Å². The summed E-state index contributed by atoms with van der Waals surface area (Å²) in [6.07, 6.45) is 0.